The SMILES string of the molecule is CCC(CC)(CO)Nc1nc2ccc(N)cc2s1. The van der Waals surface area contributed by atoms with Crippen molar-refractivity contribution in [2.45, 2.75) is 32.2 Å². The van der Waals surface area contributed by atoms with E-state index in [9.17, 15) is 5.11 Å². The Morgan fingerprint density at radius 2 is 2.11 bits per heavy atom. The molecular weight excluding hydrogens is 246 g/mol. The highest BCUT2D eigenvalue weighted by molar-refractivity contribution is 7.22. The molecule has 0 saturated carbocycles. The van der Waals surface area contributed by atoms with E-state index in [-0.39, 0.29) is 12.1 Å². The van der Waals surface area contributed by atoms with Gasteiger partial charge in [0.25, 0.3) is 0 Å². The van der Waals surface area contributed by atoms with Gasteiger partial charge >= 0.3 is 0 Å². The van der Waals surface area contributed by atoms with Crippen LogP contribution >= 0.6 is 11.3 Å². The van der Waals surface area contributed by atoms with Crippen LogP contribution in [0.3, 0.4) is 0 Å². The predicted octanol–water partition coefficient (Wildman–Crippen LogP) is 2.84. The fourth-order valence-electron chi connectivity index (χ4n) is 1.91. The molecule has 4 nitrogen and oxygen atoms in total. The van der Waals surface area contributed by atoms with Crippen molar-refractivity contribution < 1.29 is 5.11 Å². The van der Waals surface area contributed by atoms with E-state index in [0.717, 1.165) is 33.9 Å². The van der Waals surface area contributed by atoms with Crippen molar-refractivity contribution in [3.8, 4) is 0 Å². The van der Waals surface area contributed by atoms with Crippen molar-refractivity contribution in [1.29, 1.82) is 0 Å². The molecule has 5 heteroatoms. The van der Waals surface area contributed by atoms with Crippen LogP contribution in [0.1, 0.15) is 26.7 Å². The van der Waals surface area contributed by atoms with Gasteiger partial charge in [0, 0.05) is 5.69 Å². The lowest BCUT2D eigenvalue weighted by atomic mass is 9.94. The van der Waals surface area contributed by atoms with Crippen molar-refractivity contribution in [2.24, 2.45) is 0 Å². The lowest BCUT2D eigenvalue weighted by molar-refractivity contribution is 0.202. The highest BCUT2D eigenvalue weighted by Crippen LogP contribution is 2.30. The Kier molecular flexibility index (Phi) is 3.73. The van der Waals surface area contributed by atoms with Crippen LogP contribution in [0, 0.1) is 0 Å². The first kappa shape index (κ1) is 13.1. The molecule has 0 amide bonds. The van der Waals surface area contributed by atoms with Crippen LogP contribution in [0.4, 0.5) is 10.8 Å². The summed E-state index contributed by atoms with van der Waals surface area (Å²) >= 11 is 1.57. The lowest BCUT2D eigenvalue weighted by Gasteiger charge is -2.30. The summed E-state index contributed by atoms with van der Waals surface area (Å²) in [4.78, 5) is 4.52. The van der Waals surface area contributed by atoms with Gasteiger partial charge in [-0.1, -0.05) is 25.2 Å². The second kappa shape index (κ2) is 5.12. The molecule has 4 N–H and O–H groups in total. The number of fused-ring (bicyclic) bond motifs is 1. The molecule has 0 atom stereocenters. The molecule has 0 aliphatic carbocycles. The molecule has 0 radical (unpaired) electrons. The van der Waals surface area contributed by atoms with Gasteiger partial charge in [0.2, 0.25) is 0 Å². The Labute approximate surface area is 111 Å². The highest BCUT2D eigenvalue weighted by Gasteiger charge is 2.26. The Bertz CT molecular complexity index is 526. The molecule has 1 aromatic carbocycles. The standard InChI is InChI=1S/C13H19N3OS/c1-3-13(4-2,8-17)16-12-15-10-6-5-9(14)7-11(10)18-12/h5-7,17H,3-4,8,14H2,1-2H3,(H,15,16). The van der Waals surface area contributed by atoms with Crippen LogP contribution in [0.5, 0.6) is 0 Å². The minimum absolute atomic E-state index is 0.109. The smallest absolute Gasteiger partial charge is 0.184 e. The molecular formula is C13H19N3OS. The fraction of sp³-hybridized carbons (Fsp3) is 0.462. The van der Waals surface area contributed by atoms with Gasteiger partial charge in [-0.25, -0.2) is 4.98 Å². The molecule has 0 fully saturated rings. The first-order valence-electron chi connectivity index (χ1n) is 6.17. The van der Waals surface area contributed by atoms with Crippen molar-refractivity contribution >= 4 is 32.4 Å². The predicted molar refractivity (Wildman–Crippen MR) is 78.1 cm³/mol. The largest absolute Gasteiger partial charge is 0.399 e. The normalized spacial score (nSPS) is 11.9. The molecule has 0 unspecified atom stereocenters. The average Bonchev–Trinajstić information content (AvgIpc) is 2.77. The number of nitrogens with one attached hydrogen (secondary N) is 1. The number of nitrogen functional groups attached to an aromatic ring is 1. The Morgan fingerprint density at radius 3 is 2.72 bits per heavy atom. The first-order chi connectivity index (χ1) is 8.62. The van der Waals surface area contributed by atoms with Gasteiger partial charge < -0.3 is 16.2 Å². The third-order valence-corrected chi connectivity index (χ3v) is 4.37. The van der Waals surface area contributed by atoms with Gasteiger partial charge in [0.15, 0.2) is 5.13 Å². The van der Waals surface area contributed by atoms with E-state index in [2.05, 4.69) is 24.1 Å². The van der Waals surface area contributed by atoms with Crippen molar-refractivity contribution in [2.75, 3.05) is 17.7 Å². The zero-order valence-electron chi connectivity index (χ0n) is 10.7. The Morgan fingerprint density at radius 1 is 1.39 bits per heavy atom. The number of anilines is 2. The summed E-state index contributed by atoms with van der Waals surface area (Å²) in [6.07, 6.45) is 1.72. The van der Waals surface area contributed by atoms with Crippen LogP contribution in [0.15, 0.2) is 18.2 Å². The quantitative estimate of drug-likeness (QED) is 0.727. The van der Waals surface area contributed by atoms with E-state index in [1.165, 1.54) is 0 Å². The molecule has 0 bridgehead atoms. The maximum absolute atomic E-state index is 9.55. The molecule has 0 saturated heterocycles. The fourth-order valence-corrected chi connectivity index (χ4v) is 2.94. The van der Waals surface area contributed by atoms with Gasteiger partial charge in [-0.3, -0.25) is 0 Å². The number of benzene rings is 1. The molecule has 98 valence electrons. The Hall–Kier alpha value is -1.33. The van der Waals surface area contributed by atoms with Gasteiger partial charge in [-0.15, -0.1) is 0 Å². The summed E-state index contributed by atoms with van der Waals surface area (Å²) in [5.41, 5.74) is 7.17. The summed E-state index contributed by atoms with van der Waals surface area (Å²) in [6.45, 7) is 4.24. The lowest BCUT2D eigenvalue weighted by Crippen LogP contribution is -2.40. The van der Waals surface area contributed by atoms with Crippen LogP contribution in [-0.2, 0) is 0 Å². The van der Waals surface area contributed by atoms with Gasteiger partial charge in [-0.05, 0) is 31.0 Å². The van der Waals surface area contributed by atoms with E-state index in [1.807, 2.05) is 18.2 Å². The van der Waals surface area contributed by atoms with Gasteiger partial charge in [-0.2, -0.15) is 0 Å². The zero-order chi connectivity index (χ0) is 13.2. The molecule has 18 heavy (non-hydrogen) atoms. The van der Waals surface area contributed by atoms with E-state index in [1.54, 1.807) is 11.3 Å². The molecule has 2 rings (SSSR count). The highest BCUT2D eigenvalue weighted by atomic mass is 32.1. The maximum atomic E-state index is 9.55. The number of hydrogen-bond acceptors (Lipinski definition) is 5. The molecule has 2 aromatic rings. The van der Waals surface area contributed by atoms with Crippen molar-refractivity contribution in [3.63, 3.8) is 0 Å². The zero-order valence-corrected chi connectivity index (χ0v) is 11.5. The summed E-state index contributed by atoms with van der Waals surface area (Å²) < 4.78 is 1.07. The summed E-state index contributed by atoms with van der Waals surface area (Å²) in [5, 5.41) is 13.8. The van der Waals surface area contributed by atoms with Crippen LogP contribution in [0.2, 0.25) is 0 Å². The number of nitrogens with zero attached hydrogens (tertiary/aromatic N) is 1. The molecule has 0 aliphatic heterocycles. The monoisotopic (exact) mass is 265 g/mol. The minimum atomic E-state index is -0.278. The second-order valence-corrected chi connectivity index (χ2v) is 5.55. The maximum Gasteiger partial charge on any atom is 0.184 e. The number of hydrogen-bond donors (Lipinski definition) is 3. The van der Waals surface area contributed by atoms with Crippen molar-refractivity contribution in [3.05, 3.63) is 18.2 Å². The van der Waals surface area contributed by atoms with E-state index in [0.29, 0.717) is 0 Å². The van der Waals surface area contributed by atoms with Crippen LogP contribution in [0.25, 0.3) is 10.2 Å². The number of aliphatic hydroxyl groups is 1. The summed E-state index contributed by atoms with van der Waals surface area (Å²) in [5.74, 6) is 0. The summed E-state index contributed by atoms with van der Waals surface area (Å²) in [6, 6.07) is 5.70. The number of aliphatic hydroxyl groups excluding tert-OH is 1. The first-order valence-corrected chi connectivity index (χ1v) is 6.99. The molecule has 0 spiro atoms. The summed E-state index contributed by atoms with van der Waals surface area (Å²) in [7, 11) is 0. The van der Waals surface area contributed by atoms with Crippen molar-refractivity contribution in [1.82, 2.24) is 4.98 Å². The minimum Gasteiger partial charge on any atom is -0.399 e. The third kappa shape index (κ3) is 2.42. The van der Waals surface area contributed by atoms with E-state index < -0.39 is 0 Å². The number of thiazole rings is 1. The van der Waals surface area contributed by atoms with E-state index >= 15 is 0 Å². The van der Waals surface area contributed by atoms with Crippen LogP contribution in [-0.4, -0.2) is 22.2 Å². The van der Waals surface area contributed by atoms with Gasteiger partial charge in [0.1, 0.15) is 0 Å². The second-order valence-electron chi connectivity index (χ2n) is 4.52. The molecule has 0 aliphatic rings. The number of nitrogens with two attached hydrogens (primary N) is 1. The van der Waals surface area contributed by atoms with Crippen LogP contribution < -0.4 is 11.1 Å². The molecule has 1 aromatic heterocycles. The Balaban J connectivity index is 2.31. The van der Waals surface area contributed by atoms with E-state index in [4.69, 9.17) is 5.73 Å². The average molecular weight is 265 g/mol. The number of aromatic nitrogens is 1. The number of rotatable bonds is 5. The topological polar surface area (TPSA) is 71.2 Å². The molecule has 1 heterocycles. The third-order valence-electron chi connectivity index (χ3n) is 3.44. The van der Waals surface area contributed by atoms with Gasteiger partial charge in [0.05, 0.1) is 22.4 Å².